The van der Waals surface area contributed by atoms with E-state index in [0.717, 1.165) is 38.2 Å². The van der Waals surface area contributed by atoms with Gasteiger partial charge in [-0.15, -0.1) is 0 Å². The average molecular weight is 436 g/mol. The Morgan fingerprint density at radius 2 is 1.84 bits per heavy atom. The van der Waals surface area contributed by atoms with E-state index in [1.165, 1.54) is 11.1 Å². The Labute approximate surface area is 190 Å². The van der Waals surface area contributed by atoms with Gasteiger partial charge in [0, 0.05) is 45.7 Å². The second kappa shape index (κ2) is 10.7. The van der Waals surface area contributed by atoms with Gasteiger partial charge in [0.2, 0.25) is 11.8 Å². The zero-order valence-corrected chi connectivity index (χ0v) is 18.8. The van der Waals surface area contributed by atoms with Crippen LogP contribution in [0.3, 0.4) is 0 Å². The van der Waals surface area contributed by atoms with Gasteiger partial charge in [-0.25, -0.2) is 0 Å². The molecule has 4 rings (SSSR count). The maximum absolute atomic E-state index is 12.7. The number of nitrogens with zero attached hydrogens (tertiary/aromatic N) is 2. The molecule has 2 heterocycles. The number of morpholine rings is 1. The molecular weight excluding hydrogens is 402 g/mol. The van der Waals surface area contributed by atoms with E-state index in [0.29, 0.717) is 26.1 Å². The molecule has 170 valence electrons. The van der Waals surface area contributed by atoms with Crippen LogP contribution in [-0.4, -0.2) is 60.5 Å². The van der Waals surface area contributed by atoms with Crippen LogP contribution in [0.4, 0.5) is 0 Å². The Kier molecular flexibility index (Phi) is 7.55. The maximum Gasteiger partial charge on any atom is 0.225 e. The summed E-state index contributed by atoms with van der Waals surface area (Å²) < 4.78 is 5.62. The molecule has 2 fully saturated rings. The fraction of sp³-hybridized carbons (Fsp3) is 0.462. The summed E-state index contributed by atoms with van der Waals surface area (Å²) in [5, 5.41) is 3.04. The van der Waals surface area contributed by atoms with Crippen LogP contribution in [-0.2, 0) is 33.8 Å². The van der Waals surface area contributed by atoms with Gasteiger partial charge in [-0.3, -0.25) is 14.5 Å². The van der Waals surface area contributed by atoms with E-state index in [-0.39, 0.29) is 23.8 Å². The molecule has 2 aromatic carbocycles. The van der Waals surface area contributed by atoms with Gasteiger partial charge in [-0.2, -0.15) is 0 Å². The first-order valence-corrected chi connectivity index (χ1v) is 11.6. The summed E-state index contributed by atoms with van der Waals surface area (Å²) in [7, 11) is 0. The van der Waals surface area contributed by atoms with E-state index in [9.17, 15) is 9.59 Å². The standard InChI is InChI=1S/C26H33N3O3/c1-20-17-28(12-13-32-20)18-23-9-5-8-22(14-23)16-27-26(31)24-15-25(30)29(19-24)11-10-21-6-3-2-4-7-21/h2-9,14,20,24H,10-13,15-19H2,1H3,(H,27,31)/t20-,24+/m1/s1. The molecule has 1 N–H and O–H groups in total. The van der Waals surface area contributed by atoms with Crippen LogP contribution in [0, 0.1) is 5.92 Å². The summed E-state index contributed by atoms with van der Waals surface area (Å²) >= 11 is 0. The normalized spacial score (nSPS) is 21.7. The van der Waals surface area contributed by atoms with Crippen molar-refractivity contribution in [1.82, 2.24) is 15.1 Å². The van der Waals surface area contributed by atoms with Crippen LogP contribution < -0.4 is 5.32 Å². The van der Waals surface area contributed by atoms with Crippen molar-refractivity contribution in [1.29, 1.82) is 0 Å². The Bertz CT molecular complexity index is 918. The van der Waals surface area contributed by atoms with Gasteiger partial charge < -0.3 is 15.0 Å². The first-order chi connectivity index (χ1) is 15.6. The smallest absolute Gasteiger partial charge is 0.225 e. The maximum atomic E-state index is 12.7. The van der Waals surface area contributed by atoms with Crippen LogP contribution in [0.25, 0.3) is 0 Å². The monoisotopic (exact) mass is 435 g/mol. The highest BCUT2D eigenvalue weighted by Gasteiger charge is 2.33. The molecule has 0 radical (unpaired) electrons. The lowest BCUT2D eigenvalue weighted by Gasteiger charge is -2.31. The molecule has 0 bridgehead atoms. The largest absolute Gasteiger partial charge is 0.376 e. The molecule has 0 saturated carbocycles. The molecule has 0 unspecified atom stereocenters. The zero-order chi connectivity index (χ0) is 22.3. The minimum absolute atomic E-state index is 0.0343. The van der Waals surface area contributed by atoms with Crippen molar-refractivity contribution in [2.24, 2.45) is 5.92 Å². The number of ether oxygens (including phenoxy) is 1. The van der Waals surface area contributed by atoms with Crippen molar-refractivity contribution in [2.75, 3.05) is 32.8 Å². The summed E-state index contributed by atoms with van der Waals surface area (Å²) in [5.74, 6) is -0.230. The fourth-order valence-corrected chi connectivity index (χ4v) is 4.54. The van der Waals surface area contributed by atoms with Crippen LogP contribution in [0.1, 0.15) is 30.0 Å². The lowest BCUT2D eigenvalue weighted by molar-refractivity contribution is -0.129. The Balaban J connectivity index is 1.24. The molecule has 0 aromatic heterocycles. The molecule has 6 nitrogen and oxygen atoms in total. The zero-order valence-electron chi connectivity index (χ0n) is 18.8. The van der Waals surface area contributed by atoms with Crippen LogP contribution in [0.5, 0.6) is 0 Å². The quantitative estimate of drug-likeness (QED) is 0.693. The average Bonchev–Trinajstić information content (AvgIpc) is 3.18. The number of likely N-dealkylation sites (tertiary alicyclic amines) is 1. The lowest BCUT2D eigenvalue weighted by atomic mass is 10.1. The number of benzene rings is 2. The minimum Gasteiger partial charge on any atom is -0.376 e. The minimum atomic E-state index is -0.267. The van der Waals surface area contributed by atoms with Gasteiger partial charge >= 0.3 is 0 Å². The molecule has 2 amide bonds. The van der Waals surface area contributed by atoms with Gasteiger partial charge in [0.05, 0.1) is 18.6 Å². The van der Waals surface area contributed by atoms with Crippen LogP contribution in [0.15, 0.2) is 54.6 Å². The van der Waals surface area contributed by atoms with Gasteiger partial charge in [0.1, 0.15) is 0 Å². The third kappa shape index (κ3) is 6.17. The van der Waals surface area contributed by atoms with E-state index in [1.807, 2.05) is 35.2 Å². The van der Waals surface area contributed by atoms with Crippen LogP contribution >= 0.6 is 0 Å². The highest BCUT2D eigenvalue weighted by Crippen LogP contribution is 2.19. The number of hydrogen-bond acceptors (Lipinski definition) is 4. The molecule has 32 heavy (non-hydrogen) atoms. The van der Waals surface area contributed by atoms with Crippen LogP contribution in [0.2, 0.25) is 0 Å². The first kappa shape index (κ1) is 22.5. The molecule has 0 spiro atoms. The molecular formula is C26H33N3O3. The Hall–Kier alpha value is -2.70. The molecule has 6 heteroatoms. The second-order valence-corrected chi connectivity index (χ2v) is 8.93. The van der Waals surface area contributed by atoms with Gasteiger partial charge in [-0.1, -0.05) is 54.6 Å². The highest BCUT2D eigenvalue weighted by molar-refractivity contribution is 5.89. The number of amides is 2. The number of carbonyl (C=O) groups excluding carboxylic acids is 2. The number of carbonyl (C=O) groups is 2. The molecule has 2 atom stereocenters. The second-order valence-electron chi connectivity index (χ2n) is 8.93. The van der Waals surface area contributed by atoms with Crippen molar-refractivity contribution in [3.8, 4) is 0 Å². The van der Waals surface area contributed by atoms with E-state index >= 15 is 0 Å². The van der Waals surface area contributed by atoms with Crippen molar-refractivity contribution in [2.45, 2.75) is 39.0 Å². The SMILES string of the molecule is C[C@@H]1CN(Cc2cccc(CNC(=O)[C@H]3CC(=O)N(CCc4ccccc4)C3)c2)CCO1. The van der Waals surface area contributed by atoms with Gasteiger partial charge in [-0.05, 0) is 30.0 Å². The van der Waals surface area contributed by atoms with E-state index in [1.54, 1.807) is 0 Å². The van der Waals surface area contributed by atoms with Gasteiger partial charge in [0.25, 0.3) is 0 Å². The van der Waals surface area contributed by atoms with E-state index in [2.05, 4.69) is 41.4 Å². The number of hydrogen-bond donors (Lipinski definition) is 1. The number of rotatable bonds is 8. The van der Waals surface area contributed by atoms with Crippen molar-refractivity contribution >= 4 is 11.8 Å². The summed E-state index contributed by atoms with van der Waals surface area (Å²) in [5.41, 5.74) is 3.54. The predicted molar refractivity (Wildman–Crippen MR) is 124 cm³/mol. The predicted octanol–water partition coefficient (Wildman–Crippen LogP) is 2.61. The van der Waals surface area contributed by atoms with Crippen molar-refractivity contribution in [3.63, 3.8) is 0 Å². The summed E-state index contributed by atoms with van der Waals surface area (Å²) in [6.45, 7) is 7.32. The molecule has 2 aliphatic rings. The summed E-state index contributed by atoms with van der Waals surface area (Å²) in [6, 6.07) is 18.5. The third-order valence-corrected chi connectivity index (χ3v) is 6.29. The third-order valence-electron chi connectivity index (χ3n) is 6.29. The lowest BCUT2D eigenvalue weighted by Crippen LogP contribution is -2.40. The fourth-order valence-electron chi connectivity index (χ4n) is 4.54. The first-order valence-electron chi connectivity index (χ1n) is 11.6. The van der Waals surface area contributed by atoms with Gasteiger partial charge in [0.15, 0.2) is 0 Å². The molecule has 2 saturated heterocycles. The van der Waals surface area contributed by atoms with E-state index in [4.69, 9.17) is 4.74 Å². The van der Waals surface area contributed by atoms with Crippen molar-refractivity contribution < 1.29 is 14.3 Å². The topological polar surface area (TPSA) is 61.9 Å². The van der Waals surface area contributed by atoms with Crippen molar-refractivity contribution in [3.05, 3.63) is 71.3 Å². The molecule has 2 aromatic rings. The summed E-state index contributed by atoms with van der Waals surface area (Å²) in [4.78, 5) is 29.3. The Morgan fingerprint density at radius 3 is 2.66 bits per heavy atom. The highest BCUT2D eigenvalue weighted by atomic mass is 16.5. The van der Waals surface area contributed by atoms with E-state index < -0.39 is 0 Å². The summed E-state index contributed by atoms with van der Waals surface area (Å²) in [6.07, 6.45) is 1.39. The Morgan fingerprint density at radius 1 is 1.06 bits per heavy atom. The number of nitrogens with one attached hydrogen (secondary N) is 1. The molecule has 2 aliphatic heterocycles. The molecule has 0 aliphatic carbocycles.